The van der Waals surface area contributed by atoms with Gasteiger partial charge in [-0.25, -0.2) is 4.79 Å². The zero-order valence-corrected chi connectivity index (χ0v) is 14.1. The summed E-state index contributed by atoms with van der Waals surface area (Å²) < 4.78 is 4.92. The molecule has 2 aromatic rings. The molecule has 1 amide bonds. The Morgan fingerprint density at radius 1 is 1.16 bits per heavy atom. The maximum Gasteiger partial charge on any atom is 0.326 e. The van der Waals surface area contributed by atoms with Crippen LogP contribution in [0.1, 0.15) is 22.8 Å². The third kappa shape index (κ3) is 5.61. The Morgan fingerprint density at radius 2 is 1.84 bits per heavy atom. The third-order valence-corrected chi connectivity index (χ3v) is 3.57. The molecule has 6 nitrogen and oxygen atoms in total. The quantitative estimate of drug-likeness (QED) is 0.609. The number of amides is 1. The minimum absolute atomic E-state index is 0.113. The molecule has 1 atom stereocenters. The van der Waals surface area contributed by atoms with Crippen LogP contribution < -0.4 is 10.1 Å². The van der Waals surface area contributed by atoms with Crippen LogP contribution in [0.5, 0.6) is 5.75 Å². The number of carbonyl (C=O) groups is 3. The van der Waals surface area contributed by atoms with E-state index in [2.05, 4.69) is 5.32 Å². The van der Waals surface area contributed by atoms with Crippen LogP contribution in [0.2, 0.25) is 5.02 Å². The van der Waals surface area contributed by atoms with Gasteiger partial charge < -0.3 is 15.2 Å². The number of carbonyl (C=O) groups excluding carboxylic acids is 2. The smallest absolute Gasteiger partial charge is 0.326 e. The number of hydrogen-bond acceptors (Lipinski definition) is 4. The summed E-state index contributed by atoms with van der Waals surface area (Å²) in [6.07, 6.45) is 0.113. The molecule has 7 heteroatoms. The van der Waals surface area contributed by atoms with Crippen molar-refractivity contribution in [2.45, 2.75) is 19.4 Å². The monoisotopic (exact) mass is 361 g/mol. The number of rotatable bonds is 6. The Bertz CT molecular complexity index is 788. The van der Waals surface area contributed by atoms with E-state index in [1.165, 1.54) is 25.1 Å². The third-order valence-electron chi connectivity index (χ3n) is 3.31. The number of halogens is 1. The van der Waals surface area contributed by atoms with E-state index in [-0.39, 0.29) is 17.7 Å². The van der Waals surface area contributed by atoms with E-state index in [1.54, 1.807) is 30.3 Å². The molecule has 0 saturated heterocycles. The lowest BCUT2D eigenvalue weighted by molar-refractivity contribution is -0.139. The lowest BCUT2D eigenvalue weighted by Crippen LogP contribution is -2.42. The molecule has 0 heterocycles. The second-order valence-electron chi connectivity index (χ2n) is 5.32. The maximum atomic E-state index is 12.3. The normalized spacial score (nSPS) is 11.4. The Morgan fingerprint density at radius 3 is 2.44 bits per heavy atom. The lowest BCUT2D eigenvalue weighted by Gasteiger charge is -2.15. The fraction of sp³-hybridized carbons (Fsp3) is 0.167. The van der Waals surface area contributed by atoms with Gasteiger partial charge in [-0.3, -0.25) is 9.59 Å². The van der Waals surface area contributed by atoms with E-state index >= 15 is 0 Å². The first-order valence-electron chi connectivity index (χ1n) is 7.42. The van der Waals surface area contributed by atoms with Crippen LogP contribution in [-0.4, -0.2) is 29.0 Å². The first-order chi connectivity index (χ1) is 11.8. The minimum atomic E-state index is -1.15. The van der Waals surface area contributed by atoms with Gasteiger partial charge in [-0.05, 0) is 35.9 Å². The van der Waals surface area contributed by atoms with Crippen molar-refractivity contribution in [2.24, 2.45) is 0 Å². The predicted octanol–water partition coefficient (Wildman–Crippen LogP) is 2.69. The van der Waals surface area contributed by atoms with Crippen LogP contribution in [0.25, 0.3) is 0 Å². The van der Waals surface area contributed by atoms with Gasteiger partial charge in [-0.15, -0.1) is 0 Å². The van der Waals surface area contributed by atoms with E-state index in [0.717, 1.165) is 5.56 Å². The van der Waals surface area contributed by atoms with Crippen molar-refractivity contribution >= 4 is 29.4 Å². The number of benzene rings is 2. The molecule has 0 fully saturated rings. The van der Waals surface area contributed by atoms with E-state index in [4.69, 9.17) is 16.3 Å². The van der Waals surface area contributed by atoms with Crippen LogP contribution in [0.3, 0.4) is 0 Å². The number of ether oxygens (including phenoxy) is 1. The van der Waals surface area contributed by atoms with Gasteiger partial charge in [-0.2, -0.15) is 0 Å². The maximum absolute atomic E-state index is 12.3. The van der Waals surface area contributed by atoms with E-state index in [0.29, 0.717) is 5.02 Å². The minimum Gasteiger partial charge on any atom is -0.480 e. The second kappa shape index (κ2) is 8.30. The molecule has 0 aromatic heterocycles. The largest absolute Gasteiger partial charge is 0.480 e. The topological polar surface area (TPSA) is 92.7 Å². The van der Waals surface area contributed by atoms with Crippen LogP contribution in [0, 0.1) is 0 Å². The van der Waals surface area contributed by atoms with Crippen LogP contribution in [0.15, 0.2) is 48.5 Å². The van der Waals surface area contributed by atoms with Gasteiger partial charge >= 0.3 is 11.9 Å². The Hall–Kier alpha value is -2.86. The lowest BCUT2D eigenvalue weighted by atomic mass is 10.1. The first-order valence-corrected chi connectivity index (χ1v) is 7.79. The molecule has 25 heavy (non-hydrogen) atoms. The van der Waals surface area contributed by atoms with Gasteiger partial charge in [0.25, 0.3) is 5.91 Å². The van der Waals surface area contributed by atoms with Crippen LogP contribution in [0.4, 0.5) is 0 Å². The highest BCUT2D eigenvalue weighted by Crippen LogP contribution is 2.15. The average Bonchev–Trinajstić information content (AvgIpc) is 2.55. The molecular formula is C18H16ClNO5. The fourth-order valence-electron chi connectivity index (χ4n) is 2.16. The SMILES string of the molecule is CC(=O)Oc1cccc(C(=O)N[C@@H](Cc2ccc(Cl)cc2)C(=O)O)c1. The van der Waals surface area contributed by atoms with Crippen molar-refractivity contribution < 1.29 is 24.2 Å². The number of aliphatic carboxylic acids is 1. The van der Waals surface area contributed by atoms with Gasteiger partial charge in [0.15, 0.2) is 0 Å². The number of hydrogen-bond donors (Lipinski definition) is 2. The van der Waals surface area contributed by atoms with Crippen molar-refractivity contribution in [3.05, 3.63) is 64.7 Å². The van der Waals surface area contributed by atoms with Gasteiger partial charge in [0.2, 0.25) is 0 Å². The van der Waals surface area contributed by atoms with E-state index < -0.39 is 23.9 Å². The van der Waals surface area contributed by atoms with Crippen molar-refractivity contribution in [3.8, 4) is 5.75 Å². The van der Waals surface area contributed by atoms with Gasteiger partial charge in [0, 0.05) is 23.9 Å². The molecule has 0 radical (unpaired) electrons. The molecule has 0 saturated carbocycles. The summed E-state index contributed by atoms with van der Waals surface area (Å²) in [5.41, 5.74) is 0.923. The highest BCUT2D eigenvalue weighted by Gasteiger charge is 2.21. The molecule has 2 aromatic carbocycles. The molecule has 0 aliphatic carbocycles. The average molecular weight is 362 g/mol. The first kappa shape index (κ1) is 18.5. The molecule has 2 rings (SSSR count). The summed E-state index contributed by atoms with van der Waals surface area (Å²) in [4.78, 5) is 34.7. The molecule has 2 N–H and O–H groups in total. The molecule has 0 aliphatic heterocycles. The molecular weight excluding hydrogens is 346 g/mol. The predicted molar refractivity (Wildman–Crippen MR) is 91.8 cm³/mol. The highest BCUT2D eigenvalue weighted by atomic mass is 35.5. The number of carboxylic acids is 1. The fourth-order valence-corrected chi connectivity index (χ4v) is 2.29. The van der Waals surface area contributed by atoms with Gasteiger partial charge in [0.1, 0.15) is 11.8 Å². The highest BCUT2D eigenvalue weighted by molar-refractivity contribution is 6.30. The number of nitrogens with one attached hydrogen (secondary N) is 1. The summed E-state index contributed by atoms with van der Waals surface area (Å²) in [6, 6.07) is 11.5. The Balaban J connectivity index is 2.11. The Kier molecular flexibility index (Phi) is 6.14. The van der Waals surface area contributed by atoms with E-state index in [9.17, 15) is 19.5 Å². The van der Waals surface area contributed by atoms with Crippen LogP contribution >= 0.6 is 11.6 Å². The van der Waals surface area contributed by atoms with Crippen molar-refractivity contribution in [1.29, 1.82) is 0 Å². The number of esters is 1. The second-order valence-corrected chi connectivity index (χ2v) is 5.75. The van der Waals surface area contributed by atoms with Gasteiger partial charge in [-0.1, -0.05) is 29.8 Å². The summed E-state index contributed by atoms with van der Waals surface area (Å²) >= 11 is 5.80. The van der Waals surface area contributed by atoms with Crippen molar-refractivity contribution in [3.63, 3.8) is 0 Å². The Labute approximate surface area is 149 Å². The van der Waals surface area contributed by atoms with Crippen molar-refractivity contribution in [2.75, 3.05) is 0 Å². The zero-order chi connectivity index (χ0) is 18.4. The summed E-state index contributed by atoms with van der Waals surface area (Å²) in [6.45, 7) is 1.25. The standard InChI is InChI=1S/C18H16ClNO5/c1-11(21)25-15-4-2-3-13(10-15)17(22)20-16(18(23)24)9-12-5-7-14(19)8-6-12/h2-8,10,16H,9H2,1H3,(H,20,22)(H,23,24)/t16-/m0/s1. The zero-order valence-electron chi connectivity index (χ0n) is 13.4. The van der Waals surface area contributed by atoms with Crippen molar-refractivity contribution in [1.82, 2.24) is 5.32 Å². The molecule has 130 valence electrons. The molecule has 0 spiro atoms. The summed E-state index contributed by atoms with van der Waals surface area (Å²) in [7, 11) is 0. The van der Waals surface area contributed by atoms with Gasteiger partial charge in [0.05, 0.1) is 0 Å². The molecule has 0 bridgehead atoms. The summed E-state index contributed by atoms with van der Waals surface area (Å²) in [5, 5.41) is 12.4. The van der Waals surface area contributed by atoms with E-state index in [1.807, 2.05) is 0 Å². The molecule has 0 unspecified atom stereocenters. The summed E-state index contributed by atoms with van der Waals surface area (Å²) in [5.74, 6) is -2.02. The van der Waals surface area contributed by atoms with Crippen LogP contribution in [-0.2, 0) is 16.0 Å². The number of carboxylic acid groups (broad SMARTS) is 1. The molecule has 0 aliphatic rings.